The highest BCUT2D eigenvalue weighted by molar-refractivity contribution is 6.31. The van der Waals surface area contributed by atoms with Crippen LogP contribution in [0.5, 0.6) is 0 Å². The largest absolute Gasteiger partial charge is 0.268 e. The molecule has 0 amide bonds. The van der Waals surface area contributed by atoms with Crippen molar-refractivity contribution in [3.8, 4) is 0 Å². The maximum absolute atomic E-state index is 12.5. The van der Waals surface area contributed by atoms with E-state index in [0.29, 0.717) is 0 Å². The minimum absolute atomic E-state index is 0.236. The molecule has 0 spiro atoms. The van der Waals surface area contributed by atoms with Gasteiger partial charge in [0.15, 0.2) is 0 Å². The van der Waals surface area contributed by atoms with Gasteiger partial charge in [0, 0.05) is 0 Å². The average molecular weight is 181 g/mol. The molecule has 0 atom stereocenters. The maximum atomic E-state index is 12.5. The van der Waals surface area contributed by atoms with E-state index < -0.39 is 17.8 Å². The Kier molecular flexibility index (Phi) is 2.39. The molecule has 0 nitrogen and oxygen atoms in total. The molecule has 0 unspecified atom stereocenters. The van der Waals surface area contributed by atoms with E-state index in [1.807, 2.05) is 0 Å². The molecule has 0 aliphatic heterocycles. The fourth-order valence-electron chi connectivity index (χ4n) is 0.719. The molecule has 0 bridgehead atoms. The third-order valence-electron chi connectivity index (χ3n) is 1.22. The molecule has 0 saturated carbocycles. The lowest BCUT2D eigenvalue weighted by Gasteiger charge is -2.02. The second-order valence-corrected chi connectivity index (χ2v) is 2.34. The van der Waals surface area contributed by atoms with E-state index in [4.69, 9.17) is 11.6 Å². The van der Waals surface area contributed by atoms with Crippen LogP contribution in [0.1, 0.15) is 12.0 Å². The molecule has 0 radical (unpaired) electrons. The number of hydrogen-bond acceptors (Lipinski definition) is 0. The Hall–Kier alpha value is -0.700. The number of halogens is 4. The van der Waals surface area contributed by atoms with Crippen LogP contribution >= 0.6 is 11.6 Å². The molecule has 11 heavy (non-hydrogen) atoms. The summed E-state index contributed by atoms with van der Waals surface area (Å²) in [6.45, 7) is 0. The maximum Gasteiger partial charge on any atom is 0.268 e. The summed E-state index contributed by atoms with van der Waals surface area (Å²) in [7, 11) is 0. The molecular formula is C7H4ClF3. The predicted octanol–water partition coefficient (Wildman–Crippen LogP) is 3.42. The third kappa shape index (κ3) is 1.66. The Morgan fingerprint density at radius 2 is 1.91 bits per heavy atom. The quantitative estimate of drug-likeness (QED) is 0.621. The first-order valence-corrected chi connectivity index (χ1v) is 3.23. The number of hydrogen-bond donors (Lipinski definition) is 0. The van der Waals surface area contributed by atoms with E-state index in [-0.39, 0.29) is 5.02 Å². The highest BCUT2D eigenvalue weighted by Gasteiger charge is 2.16. The van der Waals surface area contributed by atoms with Crippen LogP contribution in [0.2, 0.25) is 5.02 Å². The topological polar surface area (TPSA) is 0 Å². The van der Waals surface area contributed by atoms with Gasteiger partial charge in [0.25, 0.3) is 6.43 Å². The molecule has 0 aromatic heterocycles. The van der Waals surface area contributed by atoms with Crippen LogP contribution in [0.4, 0.5) is 13.2 Å². The molecule has 0 aliphatic rings. The Bertz CT molecular complexity index is 240. The SMILES string of the molecule is Fc1cccc(Cl)c1C(F)F. The van der Waals surface area contributed by atoms with Gasteiger partial charge in [0.1, 0.15) is 5.82 Å². The fourth-order valence-corrected chi connectivity index (χ4v) is 0.965. The summed E-state index contributed by atoms with van der Waals surface area (Å²) in [6, 6.07) is 3.46. The molecule has 4 heteroatoms. The van der Waals surface area contributed by atoms with Gasteiger partial charge in [-0.15, -0.1) is 0 Å². The van der Waals surface area contributed by atoms with Crippen molar-refractivity contribution in [2.45, 2.75) is 6.43 Å². The van der Waals surface area contributed by atoms with Crippen molar-refractivity contribution in [3.05, 3.63) is 34.6 Å². The van der Waals surface area contributed by atoms with Crippen LogP contribution in [0.3, 0.4) is 0 Å². The molecule has 1 aromatic rings. The molecule has 0 fully saturated rings. The molecule has 0 saturated heterocycles. The van der Waals surface area contributed by atoms with Gasteiger partial charge in [0.2, 0.25) is 0 Å². The number of alkyl halides is 2. The Morgan fingerprint density at radius 1 is 1.27 bits per heavy atom. The summed E-state index contributed by atoms with van der Waals surface area (Å²) in [5, 5.41) is -0.236. The van der Waals surface area contributed by atoms with Crippen LogP contribution in [0.25, 0.3) is 0 Å². The minimum Gasteiger partial charge on any atom is -0.206 e. The van der Waals surface area contributed by atoms with Crippen LogP contribution < -0.4 is 0 Å². The summed E-state index contributed by atoms with van der Waals surface area (Å²) in [5.74, 6) is -0.965. The summed E-state index contributed by atoms with van der Waals surface area (Å²) in [6.07, 6.45) is -2.86. The average Bonchev–Trinajstić information content (AvgIpc) is 1.85. The summed E-state index contributed by atoms with van der Waals surface area (Å²) < 4.78 is 36.5. The molecule has 1 aromatic carbocycles. The first kappa shape index (κ1) is 8.40. The lowest BCUT2D eigenvalue weighted by Crippen LogP contribution is -1.90. The second kappa shape index (κ2) is 3.13. The van der Waals surface area contributed by atoms with Crippen molar-refractivity contribution >= 4 is 11.6 Å². The zero-order chi connectivity index (χ0) is 8.43. The van der Waals surface area contributed by atoms with E-state index in [9.17, 15) is 13.2 Å². The van der Waals surface area contributed by atoms with E-state index >= 15 is 0 Å². The highest BCUT2D eigenvalue weighted by Crippen LogP contribution is 2.28. The van der Waals surface area contributed by atoms with Crippen LogP contribution in [0.15, 0.2) is 18.2 Å². The first-order valence-electron chi connectivity index (χ1n) is 2.85. The summed E-state index contributed by atoms with van der Waals surface area (Å²) in [5.41, 5.74) is -0.728. The molecule has 0 aliphatic carbocycles. The van der Waals surface area contributed by atoms with E-state index in [0.717, 1.165) is 6.07 Å². The minimum atomic E-state index is -2.86. The fraction of sp³-hybridized carbons (Fsp3) is 0.143. The zero-order valence-corrected chi connectivity index (χ0v) is 6.08. The van der Waals surface area contributed by atoms with Crippen LogP contribution in [-0.4, -0.2) is 0 Å². The lowest BCUT2D eigenvalue weighted by molar-refractivity contribution is 0.146. The normalized spacial score (nSPS) is 10.6. The Balaban J connectivity index is 3.21. The second-order valence-electron chi connectivity index (χ2n) is 1.94. The van der Waals surface area contributed by atoms with E-state index in [1.54, 1.807) is 0 Å². The van der Waals surface area contributed by atoms with Crippen molar-refractivity contribution in [2.75, 3.05) is 0 Å². The number of benzene rings is 1. The van der Waals surface area contributed by atoms with Gasteiger partial charge in [0.05, 0.1) is 10.6 Å². The first-order chi connectivity index (χ1) is 5.13. The summed E-state index contributed by atoms with van der Waals surface area (Å²) in [4.78, 5) is 0. The molecule has 1 rings (SSSR count). The van der Waals surface area contributed by atoms with Crippen molar-refractivity contribution in [1.29, 1.82) is 0 Å². The Labute approximate surface area is 66.6 Å². The van der Waals surface area contributed by atoms with E-state index in [1.165, 1.54) is 12.1 Å². The Morgan fingerprint density at radius 3 is 2.27 bits per heavy atom. The predicted molar refractivity (Wildman–Crippen MR) is 36.4 cm³/mol. The van der Waals surface area contributed by atoms with Gasteiger partial charge in [-0.2, -0.15) is 0 Å². The molecule has 0 N–H and O–H groups in total. The number of rotatable bonds is 1. The van der Waals surface area contributed by atoms with Gasteiger partial charge in [-0.1, -0.05) is 17.7 Å². The van der Waals surface area contributed by atoms with Crippen molar-refractivity contribution in [3.63, 3.8) is 0 Å². The standard InChI is InChI=1S/C7H4ClF3/c8-4-2-1-3-5(9)6(4)7(10)11/h1-3,7H. The van der Waals surface area contributed by atoms with Gasteiger partial charge in [-0.25, -0.2) is 13.2 Å². The van der Waals surface area contributed by atoms with Crippen LogP contribution in [-0.2, 0) is 0 Å². The smallest absolute Gasteiger partial charge is 0.206 e. The third-order valence-corrected chi connectivity index (χ3v) is 1.55. The van der Waals surface area contributed by atoms with Crippen molar-refractivity contribution in [2.24, 2.45) is 0 Å². The lowest BCUT2D eigenvalue weighted by atomic mass is 10.2. The highest BCUT2D eigenvalue weighted by atomic mass is 35.5. The van der Waals surface area contributed by atoms with Crippen molar-refractivity contribution in [1.82, 2.24) is 0 Å². The monoisotopic (exact) mass is 180 g/mol. The molecular weight excluding hydrogens is 177 g/mol. The van der Waals surface area contributed by atoms with Crippen LogP contribution in [0, 0.1) is 5.82 Å². The van der Waals surface area contributed by atoms with E-state index in [2.05, 4.69) is 0 Å². The summed E-state index contributed by atoms with van der Waals surface area (Å²) >= 11 is 5.30. The van der Waals surface area contributed by atoms with Gasteiger partial charge in [-0.3, -0.25) is 0 Å². The zero-order valence-electron chi connectivity index (χ0n) is 5.32. The van der Waals surface area contributed by atoms with Crippen molar-refractivity contribution < 1.29 is 13.2 Å². The van der Waals surface area contributed by atoms with Gasteiger partial charge in [-0.05, 0) is 12.1 Å². The van der Waals surface area contributed by atoms with Gasteiger partial charge < -0.3 is 0 Å². The molecule has 60 valence electrons. The van der Waals surface area contributed by atoms with Gasteiger partial charge >= 0.3 is 0 Å². The molecule has 0 heterocycles.